The number of halogens is 2. The number of carbonyl (C=O) groups is 2. The number of aromatic nitrogens is 2. The summed E-state index contributed by atoms with van der Waals surface area (Å²) in [5.41, 5.74) is 0.704. The largest absolute Gasteiger partial charge is 0.353 e. The Bertz CT molecular complexity index is 948. The number of rotatable bonds is 6. The van der Waals surface area contributed by atoms with Crippen molar-refractivity contribution in [3.05, 3.63) is 30.1 Å². The van der Waals surface area contributed by atoms with E-state index in [2.05, 4.69) is 24.1 Å². The standard InChI is InChI=1S/C23H32F2N4O2/c1-13(2)15(5)27-22(30)16-6-8-28(9-7-16)23(31)21(14(3)4)29-12-26-19-10-17(24)18(25)11-20(19)29/h10-16,21H,6-9H2,1-5H3,(H,27,30). The first-order valence-electron chi connectivity index (χ1n) is 11.0. The highest BCUT2D eigenvalue weighted by atomic mass is 19.2. The van der Waals surface area contributed by atoms with E-state index in [1.54, 1.807) is 9.47 Å². The summed E-state index contributed by atoms with van der Waals surface area (Å²) in [6.45, 7) is 11.0. The van der Waals surface area contributed by atoms with Crippen LogP contribution in [0.25, 0.3) is 11.0 Å². The lowest BCUT2D eigenvalue weighted by Gasteiger charge is -2.35. The Morgan fingerprint density at radius 3 is 2.23 bits per heavy atom. The first kappa shape index (κ1) is 23.2. The van der Waals surface area contributed by atoms with Crippen molar-refractivity contribution < 1.29 is 18.4 Å². The van der Waals surface area contributed by atoms with Gasteiger partial charge < -0.3 is 14.8 Å². The predicted octanol–water partition coefficient (Wildman–Crippen LogP) is 3.91. The van der Waals surface area contributed by atoms with Crippen LogP contribution in [0.4, 0.5) is 8.78 Å². The predicted molar refractivity (Wildman–Crippen MR) is 115 cm³/mol. The van der Waals surface area contributed by atoms with Gasteiger partial charge in [-0.05, 0) is 31.6 Å². The highest BCUT2D eigenvalue weighted by Gasteiger charge is 2.34. The Morgan fingerprint density at radius 1 is 1.03 bits per heavy atom. The zero-order valence-corrected chi connectivity index (χ0v) is 18.9. The minimum Gasteiger partial charge on any atom is -0.353 e. The Morgan fingerprint density at radius 2 is 1.65 bits per heavy atom. The van der Waals surface area contributed by atoms with E-state index < -0.39 is 17.7 Å². The van der Waals surface area contributed by atoms with Crippen LogP contribution < -0.4 is 5.32 Å². The molecule has 1 aliphatic heterocycles. The van der Waals surface area contributed by atoms with Crippen molar-refractivity contribution in [1.29, 1.82) is 0 Å². The van der Waals surface area contributed by atoms with Crippen LogP contribution in [0.2, 0.25) is 0 Å². The number of nitrogens with one attached hydrogen (secondary N) is 1. The third-order valence-electron chi connectivity index (χ3n) is 6.35. The van der Waals surface area contributed by atoms with Gasteiger partial charge in [0.2, 0.25) is 11.8 Å². The number of fused-ring (bicyclic) bond motifs is 1. The fraction of sp³-hybridized carbons (Fsp3) is 0.609. The molecule has 0 radical (unpaired) electrons. The summed E-state index contributed by atoms with van der Waals surface area (Å²) in [6, 6.07) is 1.66. The number of imidazole rings is 1. The van der Waals surface area contributed by atoms with E-state index in [4.69, 9.17) is 0 Å². The molecule has 1 saturated heterocycles. The molecule has 8 heteroatoms. The molecule has 1 aromatic carbocycles. The molecule has 0 aliphatic carbocycles. The van der Waals surface area contributed by atoms with Gasteiger partial charge in [0.05, 0.1) is 17.4 Å². The maximum Gasteiger partial charge on any atom is 0.245 e. The molecule has 3 rings (SSSR count). The maximum absolute atomic E-state index is 13.8. The van der Waals surface area contributed by atoms with Gasteiger partial charge in [-0.25, -0.2) is 13.8 Å². The molecule has 2 amide bonds. The van der Waals surface area contributed by atoms with Crippen molar-refractivity contribution >= 4 is 22.8 Å². The molecule has 2 aromatic rings. The number of likely N-dealkylation sites (tertiary alicyclic amines) is 1. The van der Waals surface area contributed by atoms with Gasteiger partial charge in [-0.1, -0.05) is 27.7 Å². The lowest BCUT2D eigenvalue weighted by Crippen LogP contribution is -2.47. The van der Waals surface area contributed by atoms with Crippen LogP contribution in [0.15, 0.2) is 18.5 Å². The zero-order chi connectivity index (χ0) is 22.9. The van der Waals surface area contributed by atoms with Crippen LogP contribution >= 0.6 is 0 Å². The van der Waals surface area contributed by atoms with Crippen molar-refractivity contribution in [2.75, 3.05) is 13.1 Å². The van der Waals surface area contributed by atoms with Crippen LogP contribution in [0.5, 0.6) is 0 Å². The molecule has 1 fully saturated rings. The smallest absolute Gasteiger partial charge is 0.245 e. The van der Waals surface area contributed by atoms with Crippen LogP contribution in [-0.4, -0.2) is 45.4 Å². The SMILES string of the molecule is CC(C)C(C)NC(=O)C1CCN(C(=O)C(C(C)C)n2cnc3cc(F)c(F)cc32)CC1. The molecule has 6 nitrogen and oxygen atoms in total. The van der Waals surface area contributed by atoms with E-state index in [1.165, 1.54) is 6.33 Å². The Kier molecular flexibility index (Phi) is 6.96. The van der Waals surface area contributed by atoms with Gasteiger partial charge in [0.25, 0.3) is 0 Å². The van der Waals surface area contributed by atoms with E-state index in [-0.39, 0.29) is 29.7 Å². The normalized spacial score (nSPS) is 17.4. The molecule has 2 heterocycles. The fourth-order valence-corrected chi connectivity index (χ4v) is 4.03. The number of benzene rings is 1. The van der Waals surface area contributed by atoms with E-state index in [0.717, 1.165) is 12.1 Å². The monoisotopic (exact) mass is 434 g/mol. The topological polar surface area (TPSA) is 67.2 Å². The molecule has 0 spiro atoms. The second-order valence-corrected chi connectivity index (χ2v) is 9.24. The van der Waals surface area contributed by atoms with Gasteiger partial charge in [0.1, 0.15) is 6.04 Å². The summed E-state index contributed by atoms with van der Waals surface area (Å²) in [5.74, 6) is -1.79. The van der Waals surface area contributed by atoms with Gasteiger partial charge in [-0.3, -0.25) is 9.59 Å². The lowest BCUT2D eigenvalue weighted by atomic mass is 9.93. The first-order chi connectivity index (χ1) is 14.6. The molecule has 1 aliphatic rings. The molecule has 1 aromatic heterocycles. The van der Waals surface area contributed by atoms with Crippen molar-refractivity contribution in [1.82, 2.24) is 19.8 Å². The summed E-state index contributed by atoms with van der Waals surface area (Å²) < 4.78 is 29.0. The van der Waals surface area contributed by atoms with E-state index in [1.807, 2.05) is 20.8 Å². The molecular formula is C23H32F2N4O2. The van der Waals surface area contributed by atoms with Gasteiger partial charge in [-0.2, -0.15) is 0 Å². The molecule has 1 N–H and O–H groups in total. The maximum atomic E-state index is 13.8. The lowest BCUT2D eigenvalue weighted by molar-refractivity contribution is -0.139. The van der Waals surface area contributed by atoms with Crippen LogP contribution in [0.3, 0.4) is 0 Å². The number of amides is 2. The Balaban J connectivity index is 1.73. The zero-order valence-electron chi connectivity index (χ0n) is 18.9. The highest BCUT2D eigenvalue weighted by molar-refractivity contribution is 5.85. The van der Waals surface area contributed by atoms with Crippen molar-refractivity contribution in [3.8, 4) is 0 Å². The number of carbonyl (C=O) groups excluding carboxylic acids is 2. The van der Waals surface area contributed by atoms with Crippen molar-refractivity contribution in [3.63, 3.8) is 0 Å². The van der Waals surface area contributed by atoms with E-state index in [9.17, 15) is 18.4 Å². The van der Waals surface area contributed by atoms with E-state index in [0.29, 0.717) is 42.9 Å². The molecule has 2 atom stereocenters. The van der Waals surface area contributed by atoms with Crippen molar-refractivity contribution in [2.45, 2.75) is 59.5 Å². The summed E-state index contributed by atoms with van der Waals surface area (Å²) >= 11 is 0. The van der Waals surface area contributed by atoms with Gasteiger partial charge in [0, 0.05) is 37.2 Å². The number of piperidine rings is 1. The first-order valence-corrected chi connectivity index (χ1v) is 11.0. The minimum absolute atomic E-state index is 0.0480. The summed E-state index contributed by atoms with van der Waals surface area (Å²) in [5, 5.41) is 3.07. The van der Waals surface area contributed by atoms with Crippen LogP contribution in [0, 0.1) is 29.4 Å². The fourth-order valence-electron chi connectivity index (χ4n) is 4.03. The molecule has 2 unspecified atom stereocenters. The number of hydrogen-bond acceptors (Lipinski definition) is 3. The Labute approximate surface area is 182 Å². The molecule has 0 saturated carbocycles. The molecule has 31 heavy (non-hydrogen) atoms. The summed E-state index contributed by atoms with van der Waals surface area (Å²) in [7, 11) is 0. The van der Waals surface area contributed by atoms with Crippen LogP contribution in [0.1, 0.15) is 53.5 Å². The quantitative estimate of drug-likeness (QED) is 0.750. The minimum atomic E-state index is -0.966. The second-order valence-electron chi connectivity index (χ2n) is 9.24. The summed E-state index contributed by atoms with van der Waals surface area (Å²) in [6.07, 6.45) is 2.69. The molecule has 0 bridgehead atoms. The molecule has 170 valence electrons. The van der Waals surface area contributed by atoms with Crippen molar-refractivity contribution in [2.24, 2.45) is 17.8 Å². The number of hydrogen-bond donors (Lipinski definition) is 1. The Hall–Kier alpha value is -2.51. The van der Waals surface area contributed by atoms with Gasteiger partial charge in [0.15, 0.2) is 11.6 Å². The molecular weight excluding hydrogens is 402 g/mol. The van der Waals surface area contributed by atoms with Gasteiger partial charge >= 0.3 is 0 Å². The third-order valence-corrected chi connectivity index (χ3v) is 6.35. The van der Waals surface area contributed by atoms with Gasteiger partial charge in [-0.15, -0.1) is 0 Å². The average molecular weight is 435 g/mol. The summed E-state index contributed by atoms with van der Waals surface area (Å²) in [4.78, 5) is 31.8. The second kappa shape index (κ2) is 9.32. The third kappa shape index (κ3) is 4.88. The number of nitrogens with zero attached hydrogens (tertiary/aromatic N) is 3. The average Bonchev–Trinajstić information content (AvgIpc) is 3.10. The highest BCUT2D eigenvalue weighted by Crippen LogP contribution is 2.29. The van der Waals surface area contributed by atoms with Crippen LogP contribution in [-0.2, 0) is 9.59 Å². The van der Waals surface area contributed by atoms with E-state index >= 15 is 0 Å².